The lowest BCUT2D eigenvalue weighted by atomic mass is 10.3. The molecule has 2 heterocycles. The van der Waals surface area contributed by atoms with Gasteiger partial charge in [-0.1, -0.05) is 15.9 Å². The average Bonchev–Trinajstić information content (AvgIpc) is 2.49. The Hall–Kier alpha value is -0.610. The first-order chi connectivity index (χ1) is 5.83. The van der Waals surface area contributed by atoms with Crippen LogP contribution in [0.15, 0.2) is 12.3 Å². The second-order valence-corrected chi connectivity index (χ2v) is 3.19. The third-order valence-corrected chi connectivity index (χ3v) is 2.46. The number of fused-ring (bicyclic) bond motifs is 1. The molecule has 0 atom stereocenters. The first-order valence-corrected chi connectivity index (χ1v) is 4.78. The molecule has 0 fully saturated rings. The van der Waals surface area contributed by atoms with E-state index in [1.54, 1.807) is 4.52 Å². The molecule has 0 unspecified atom stereocenters. The maximum Gasteiger partial charge on any atom is 0.0290 e. The molecule has 0 radical (unpaired) electrons. The Balaban J connectivity index is 2.83. The van der Waals surface area contributed by atoms with E-state index in [1.807, 2.05) is 12.3 Å². The van der Waals surface area contributed by atoms with Crippen LogP contribution in [-0.2, 0) is 5.33 Å². The zero-order valence-corrected chi connectivity index (χ0v) is 8.30. The summed E-state index contributed by atoms with van der Waals surface area (Å²) in [7, 11) is 0. The Kier molecular flexibility index (Phi) is 2.02. The number of alkyl halides is 1. The number of nitrogens with zero attached hydrogens (tertiary/aromatic N) is 3. The number of hydrogen-bond donors (Lipinski definition) is 0. The SMILES string of the molecule is Clc1n[c-]nn2ccc(CBr)c12. The van der Waals surface area contributed by atoms with E-state index < -0.39 is 0 Å². The van der Waals surface area contributed by atoms with Crippen LogP contribution in [-0.4, -0.2) is 14.6 Å². The van der Waals surface area contributed by atoms with Crippen LogP contribution in [0.1, 0.15) is 5.56 Å². The van der Waals surface area contributed by atoms with Gasteiger partial charge in [-0.25, -0.2) is 0 Å². The largest absolute Gasteiger partial charge is 0.418 e. The van der Waals surface area contributed by atoms with E-state index in [0.29, 0.717) is 5.15 Å². The van der Waals surface area contributed by atoms with E-state index in [-0.39, 0.29) is 0 Å². The lowest BCUT2D eigenvalue weighted by Crippen LogP contribution is -1.92. The van der Waals surface area contributed by atoms with E-state index in [4.69, 9.17) is 11.6 Å². The predicted molar refractivity (Wildman–Crippen MR) is 49.5 cm³/mol. The van der Waals surface area contributed by atoms with Crippen molar-refractivity contribution >= 4 is 33.0 Å². The van der Waals surface area contributed by atoms with Crippen LogP contribution in [0.25, 0.3) is 5.52 Å². The van der Waals surface area contributed by atoms with Gasteiger partial charge in [-0.05, 0) is 23.1 Å². The van der Waals surface area contributed by atoms with Crippen molar-refractivity contribution < 1.29 is 0 Å². The van der Waals surface area contributed by atoms with Crippen molar-refractivity contribution in [2.75, 3.05) is 0 Å². The molecular formula is C7H4BrClN3-. The molecule has 12 heavy (non-hydrogen) atoms. The summed E-state index contributed by atoms with van der Waals surface area (Å²) in [5.74, 6) is 0. The zero-order valence-electron chi connectivity index (χ0n) is 5.96. The summed E-state index contributed by atoms with van der Waals surface area (Å²) in [4.78, 5) is 3.78. The Morgan fingerprint density at radius 3 is 3.25 bits per heavy atom. The standard InChI is InChI=1S/C7H4BrClN3/c8-3-5-1-2-12-6(5)7(9)10-4-11-12/h1-2H,3H2/q-1. The van der Waals surface area contributed by atoms with Crippen molar-refractivity contribution in [2.24, 2.45) is 0 Å². The van der Waals surface area contributed by atoms with Crippen LogP contribution in [0.2, 0.25) is 5.15 Å². The fourth-order valence-electron chi connectivity index (χ4n) is 1.05. The normalized spacial score (nSPS) is 10.8. The van der Waals surface area contributed by atoms with E-state index in [1.165, 1.54) is 0 Å². The van der Waals surface area contributed by atoms with E-state index in [9.17, 15) is 0 Å². The Morgan fingerprint density at radius 2 is 2.50 bits per heavy atom. The van der Waals surface area contributed by atoms with Gasteiger partial charge in [-0.2, -0.15) is 11.6 Å². The number of hydrogen-bond acceptors (Lipinski definition) is 2. The van der Waals surface area contributed by atoms with Crippen LogP contribution in [0, 0.1) is 6.33 Å². The third-order valence-electron chi connectivity index (χ3n) is 1.59. The molecule has 0 bridgehead atoms. The highest BCUT2D eigenvalue weighted by atomic mass is 79.9. The molecule has 62 valence electrons. The Morgan fingerprint density at radius 1 is 1.67 bits per heavy atom. The highest BCUT2D eigenvalue weighted by Crippen LogP contribution is 2.20. The van der Waals surface area contributed by atoms with Gasteiger partial charge in [0.1, 0.15) is 0 Å². The van der Waals surface area contributed by atoms with Gasteiger partial charge in [0, 0.05) is 17.0 Å². The van der Waals surface area contributed by atoms with Gasteiger partial charge in [0.25, 0.3) is 0 Å². The van der Waals surface area contributed by atoms with Crippen LogP contribution < -0.4 is 0 Å². The van der Waals surface area contributed by atoms with Crippen molar-refractivity contribution in [1.82, 2.24) is 14.6 Å². The molecule has 5 heteroatoms. The molecule has 0 aromatic carbocycles. The van der Waals surface area contributed by atoms with E-state index in [2.05, 4.69) is 32.3 Å². The zero-order chi connectivity index (χ0) is 8.55. The highest BCUT2D eigenvalue weighted by molar-refractivity contribution is 9.08. The number of rotatable bonds is 1. The summed E-state index contributed by atoms with van der Waals surface area (Å²) in [5, 5.41) is 5.07. The van der Waals surface area contributed by atoms with Crippen molar-refractivity contribution in [1.29, 1.82) is 0 Å². The first kappa shape index (κ1) is 8.01. The van der Waals surface area contributed by atoms with Crippen molar-refractivity contribution in [2.45, 2.75) is 5.33 Å². The molecule has 0 aliphatic heterocycles. The topological polar surface area (TPSA) is 30.2 Å². The molecule has 0 aliphatic carbocycles. The molecule has 3 nitrogen and oxygen atoms in total. The van der Waals surface area contributed by atoms with Crippen molar-refractivity contribution in [3.8, 4) is 0 Å². The summed E-state index contributed by atoms with van der Waals surface area (Å²) in [5.41, 5.74) is 1.92. The molecular weight excluding hydrogens is 241 g/mol. The lowest BCUT2D eigenvalue weighted by molar-refractivity contribution is 0.893. The molecule has 2 aromatic heterocycles. The molecule has 0 aliphatic rings. The Labute approximate surface area is 82.5 Å². The molecule has 2 rings (SSSR count). The maximum atomic E-state index is 5.86. The second-order valence-electron chi connectivity index (χ2n) is 2.27. The van der Waals surface area contributed by atoms with Crippen LogP contribution in [0.5, 0.6) is 0 Å². The molecule has 0 amide bonds. The molecule has 0 saturated heterocycles. The minimum Gasteiger partial charge on any atom is -0.418 e. The fraction of sp³-hybridized carbons (Fsp3) is 0.143. The van der Waals surface area contributed by atoms with Gasteiger partial charge in [0.2, 0.25) is 0 Å². The van der Waals surface area contributed by atoms with Gasteiger partial charge in [-0.3, -0.25) is 9.61 Å². The Bertz CT molecular complexity index is 412. The first-order valence-electron chi connectivity index (χ1n) is 3.28. The fourth-order valence-corrected chi connectivity index (χ4v) is 1.74. The van der Waals surface area contributed by atoms with Gasteiger partial charge in [0.15, 0.2) is 0 Å². The summed E-state index contributed by atoms with van der Waals surface area (Å²) in [6.07, 6.45) is 4.29. The quantitative estimate of drug-likeness (QED) is 0.569. The summed E-state index contributed by atoms with van der Waals surface area (Å²) in [6, 6.07) is 1.94. The smallest absolute Gasteiger partial charge is 0.0290 e. The van der Waals surface area contributed by atoms with Crippen LogP contribution >= 0.6 is 27.5 Å². The molecule has 0 spiro atoms. The number of aromatic nitrogens is 3. The monoisotopic (exact) mass is 244 g/mol. The summed E-state index contributed by atoms with van der Waals surface area (Å²) in [6.45, 7) is 0. The summed E-state index contributed by atoms with van der Waals surface area (Å²) >= 11 is 9.21. The summed E-state index contributed by atoms with van der Waals surface area (Å²) < 4.78 is 1.66. The third kappa shape index (κ3) is 1.11. The van der Waals surface area contributed by atoms with Crippen LogP contribution in [0.3, 0.4) is 0 Å². The van der Waals surface area contributed by atoms with Crippen molar-refractivity contribution in [3.63, 3.8) is 0 Å². The minimum absolute atomic E-state index is 0.435. The number of halogens is 2. The minimum atomic E-state index is 0.435. The van der Waals surface area contributed by atoms with Crippen LogP contribution in [0.4, 0.5) is 0 Å². The average molecular weight is 245 g/mol. The van der Waals surface area contributed by atoms with Gasteiger partial charge in [-0.15, -0.1) is 0 Å². The van der Waals surface area contributed by atoms with Gasteiger partial charge < -0.3 is 4.98 Å². The highest BCUT2D eigenvalue weighted by Gasteiger charge is 1.99. The lowest BCUT2D eigenvalue weighted by Gasteiger charge is -2.05. The van der Waals surface area contributed by atoms with Crippen molar-refractivity contribution in [3.05, 3.63) is 29.3 Å². The van der Waals surface area contributed by atoms with Gasteiger partial charge in [0.05, 0.1) is 0 Å². The van der Waals surface area contributed by atoms with E-state index >= 15 is 0 Å². The molecule has 0 N–H and O–H groups in total. The van der Waals surface area contributed by atoms with E-state index in [0.717, 1.165) is 16.4 Å². The predicted octanol–water partition coefficient (Wildman–Crippen LogP) is 2.08. The molecule has 2 aromatic rings. The second kappa shape index (κ2) is 3.03. The molecule has 0 saturated carbocycles. The van der Waals surface area contributed by atoms with Gasteiger partial charge >= 0.3 is 0 Å². The maximum absolute atomic E-state index is 5.86.